The summed E-state index contributed by atoms with van der Waals surface area (Å²) in [5, 5.41) is 3.85. The average Bonchev–Trinajstić information content (AvgIpc) is 2.06. The molecule has 0 saturated heterocycles. The number of hydrogen-bond donors (Lipinski definition) is 3. The molecule has 12 heavy (non-hydrogen) atoms. The van der Waals surface area contributed by atoms with Crippen LogP contribution in [0.4, 0.5) is 0 Å². The first kappa shape index (κ1) is 11.0. The average molecular weight is 189 g/mol. The minimum atomic E-state index is 0.369. The first-order valence-corrected chi connectivity index (χ1v) is 3.83. The number of hydrazine groups is 1. The summed E-state index contributed by atoms with van der Waals surface area (Å²) >= 11 is 5.67. The molecule has 0 unspecified atom stereocenters. The predicted octanol–water partition coefficient (Wildman–Crippen LogP) is 0.811. The molecule has 0 aliphatic rings. The highest BCUT2D eigenvalue weighted by atomic mass is 35.5. The van der Waals surface area contributed by atoms with Gasteiger partial charge < -0.3 is 11.3 Å². The molecule has 4 nitrogen and oxygen atoms in total. The van der Waals surface area contributed by atoms with Crippen LogP contribution in [0.15, 0.2) is 28.4 Å². The fourth-order valence-corrected chi connectivity index (χ4v) is 0.842. The summed E-state index contributed by atoms with van der Waals surface area (Å²) in [6.07, 6.45) is 2.40. The van der Waals surface area contributed by atoms with Crippen molar-refractivity contribution in [3.05, 3.63) is 23.3 Å². The zero-order valence-corrected chi connectivity index (χ0v) is 7.73. The van der Waals surface area contributed by atoms with E-state index < -0.39 is 0 Å². The quantitative estimate of drug-likeness (QED) is 0.202. The Hall–Kier alpha value is -1.00. The Morgan fingerprint density at radius 1 is 1.75 bits per heavy atom. The van der Waals surface area contributed by atoms with Crippen LogP contribution in [-0.4, -0.2) is 5.84 Å². The van der Waals surface area contributed by atoms with Gasteiger partial charge in [0.25, 0.3) is 0 Å². The van der Waals surface area contributed by atoms with Crippen molar-refractivity contribution in [2.45, 2.75) is 13.3 Å². The number of amidine groups is 1. The van der Waals surface area contributed by atoms with E-state index in [9.17, 15) is 0 Å². The van der Waals surface area contributed by atoms with E-state index in [4.69, 9.17) is 23.3 Å². The number of nitrogens with two attached hydrogens (primary N) is 2. The van der Waals surface area contributed by atoms with Gasteiger partial charge in [-0.1, -0.05) is 25.1 Å². The molecular formula is C7H13ClN4. The lowest BCUT2D eigenvalue weighted by Crippen LogP contribution is -2.29. The van der Waals surface area contributed by atoms with Gasteiger partial charge in [-0.25, -0.2) is 5.84 Å². The highest BCUT2D eigenvalue weighted by Crippen LogP contribution is 2.14. The number of nitrogens with zero attached hydrogens (tertiary/aromatic N) is 1. The van der Waals surface area contributed by atoms with E-state index >= 15 is 0 Å². The Labute approximate surface area is 76.9 Å². The molecule has 0 aromatic carbocycles. The highest BCUT2D eigenvalue weighted by Gasteiger charge is 1.98. The first-order valence-electron chi connectivity index (χ1n) is 3.45. The molecule has 0 atom stereocenters. The van der Waals surface area contributed by atoms with Crippen LogP contribution in [0.2, 0.25) is 0 Å². The molecule has 5 N–H and O–H groups in total. The highest BCUT2D eigenvalue weighted by molar-refractivity contribution is 6.31. The molecule has 0 aromatic rings. The third kappa shape index (κ3) is 3.41. The Morgan fingerprint density at radius 3 is 2.58 bits per heavy atom. The van der Waals surface area contributed by atoms with Crippen molar-refractivity contribution < 1.29 is 0 Å². The van der Waals surface area contributed by atoms with Crippen molar-refractivity contribution in [3.8, 4) is 0 Å². The molecule has 0 rings (SSSR count). The summed E-state index contributed by atoms with van der Waals surface area (Å²) in [6, 6.07) is 0. The summed E-state index contributed by atoms with van der Waals surface area (Å²) in [5.74, 6) is 10.5. The Morgan fingerprint density at radius 2 is 2.33 bits per heavy atom. The lowest BCUT2D eigenvalue weighted by atomic mass is 10.2. The number of halogens is 1. The van der Waals surface area contributed by atoms with Crippen molar-refractivity contribution in [2.75, 3.05) is 0 Å². The second-order valence-electron chi connectivity index (χ2n) is 2.09. The maximum atomic E-state index is 5.67. The Kier molecular flexibility index (Phi) is 5.16. The van der Waals surface area contributed by atoms with Gasteiger partial charge >= 0.3 is 0 Å². The zero-order valence-electron chi connectivity index (χ0n) is 6.97. The van der Waals surface area contributed by atoms with Gasteiger partial charge in [0.05, 0.1) is 0 Å². The zero-order chi connectivity index (χ0) is 9.56. The molecule has 0 radical (unpaired) electrons. The van der Waals surface area contributed by atoms with Crippen LogP contribution in [0.1, 0.15) is 13.3 Å². The monoisotopic (exact) mass is 188 g/mol. The van der Waals surface area contributed by atoms with Gasteiger partial charge in [0.2, 0.25) is 0 Å². The molecule has 0 spiro atoms. The minimum absolute atomic E-state index is 0.369. The van der Waals surface area contributed by atoms with Gasteiger partial charge in [-0.05, 0) is 18.1 Å². The lowest BCUT2D eigenvalue weighted by molar-refractivity contribution is 1.01. The molecule has 0 fully saturated rings. The normalized spacial score (nSPS) is 12.9. The van der Waals surface area contributed by atoms with Gasteiger partial charge in [0, 0.05) is 5.03 Å². The van der Waals surface area contributed by atoms with E-state index in [1.807, 2.05) is 6.92 Å². The molecule has 0 aliphatic heterocycles. The number of hydrazone groups is 1. The van der Waals surface area contributed by atoms with E-state index in [0.29, 0.717) is 10.9 Å². The van der Waals surface area contributed by atoms with Gasteiger partial charge in [0.15, 0.2) is 5.84 Å². The number of rotatable bonds is 3. The smallest absolute Gasteiger partial charge is 0.159 e. The van der Waals surface area contributed by atoms with E-state index in [-0.39, 0.29) is 0 Å². The van der Waals surface area contributed by atoms with Crippen LogP contribution in [-0.2, 0) is 0 Å². The summed E-state index contributed by atoms with van der Waals surface area (Å²) in [6.45, 7) is 5.53. The minimum Gasteiger partial charge on any atom is -0.321 e. The summed E-state index contributed by atoms with van der Waals surface area (Å²) in [5.41, 5.74) is 3.17. The Bertz CT molecular complexity index is 219. The van der Waals surface area contributed by atoms with Gasteiger partial charge in [-0.2, -0.15) is 5.10 Å². The molecule has 0 aliphatic carbocycles. The number of nitrogens with one attached hydrogen (secondary N) is 1. The van der Waals surface area contributed by atoms with Gasteiger partial charge in [0.1, 0.15) is 0 Å². The van der Waals surface area contributed by atoms with Crippen LogP contribution >= 0.6 is 11.6 Å². The largest absolute Gasteiger partial charge is 0.321 e. The van der Waals surface area contributed by atoms with E-state index in [2.05, 4.69) is 17.1 Å². The van der Waals surface area contributed by atoms with Crippen molar-refractivity contribution in [1.82, 2.24) is 5.43 Å². The molecule has 68 valence electrons. The molecule has 0 saturated carbocycles. The summed E-state index contributed by atoms with van der Waals surface area (Å²) in [4.78, 5) is 0. The SMILES string of the molecule is C=C(Cl)/C(=C\C(=N/N)NN)CC. The first-order chi connectivity index (χ1) is 5.65. The maximum Gasteiger partial charge on any atom is 0.159 e. The fraction of sp³-hybridized carbons (Fsp3) is 0.286. The lowest BCUT2D eigenvalue weighted by Gasteiger charge is -2.02. The molecule has 0 bridgehead atoms. The third-order valence-electron chi connectivity index (χ3n) is 1.33. The van der Waals surface area contributed by atoms with E-state index in [1.54, 1.807) is 6.08 Å². The topological polar surface area (TPSA) is 76.4 Å². The summed E-state index contributed by atoms with van der Waals surface area (Å²) in [7, 11) is 0. The van der Waals surface area contributed by atoms with Crippen molar-refractivity contribution in [2.24, 2.45) is 16.8 Å². The number of allylic oxidation sites excluding steroid dienone is 2. The predicted molar refractivity (Wildman–Crippen MR) is 52.3 cm³/mol. The molecular weight excluding hydrogens is 176 g/mol. The summed E-state index contributed by atoms with van der Waals surface area (Å²) < 4.78 is 0. The fourth-order valence-electron chi connectivity index (χ4n) is 0.653. The van der Waals surface area contributed by atoms with Crippen LogP contribution in [0, 0.1) is 0 Å². The Balaban J connectivity index is 4.58. The van der Waals surface area contributed by atoms with Crippen molar-refractivity contribution >= 4 is 17.4 Å². The van der Waals surface area contributed by atoms with Crippen LogP contribution < -0.4 is 17.1 Å². The van der Waals surface area contributed by atoms with E-state index in [1.165, 1.54) is 0 Å². The molecule has 0 amide bonds. The molecule has 0 aromatic heterocycles. The van der Waals surface area contributed by atoms with Crippen LogP contribution in [0.3, 0.4) is 0 Å². The maximum absolute atomic E-state index is 5.67. The molecule has 0 heterocycles. The standard InChI is InChI=1S/C7H13ClN4/c1-3-6(5(2)8)4-7(11-9)12-10/h4H,2-3,9-10H2,1H3,(H,11,12)/b6-4-. The van der Waals surface area contributed by atoms with Crippen LogP contribution in [0.25, 0.3) is 0 Å². The van der Waals surface area contributed by atoms with Gasteiger partial charge in [-0.3, -0.25) is 0 Å². The van der Waals surface area contributed by atoms with Gasteiger partial charge in [-0.15, -0.1) is 0 Å². The van der Waals surface area contributed by atoms with Crippen LogP contribution in [0.5, 0.6) is 0 Å². The second-order valence-corrected chi connectivity index (χ2v) is 2.54. The van der Waals surface area contributed by atoms with Crippen molar-refractivity contribution in [3.63, 3.8) is 0 Å². The number of hydrogen-bond acceptors (Lipinski definition) is 3. The second kappa shape index (κ2) is 5.62. The van der Waals surface area contributed by atoms with Crippen molar-refractivity contribution in [1.29, 1.82) is 0 Å². The van der Waals surface area contributed by atoms with E-state index in [0.717, 1.165) is 12.0 Å². The molecule has 5 heteroatoms. The third-order valence-corrected chi connectivity index (χ3v) is 1.57.